The maximum atomic E-state index is 12.6. The molecule has 0 bridgehead atoms. The molecule has 0 spiro atoms. The number of benzene rings is 2. The van der Waals surface area contributed by atoms with Crippen molar-refractivity contribution >= 4 is 27.7 Å². The second kappa shape index (κ2) is 10.0. The van der Waals surface area contributed by atoms with Gasteiger partial charge in [-0.05, 0) is 29.2 Å². The zero-order valence-corrected chi connectivity index (χ0v) is 17.2. The number of hydrogen-bond acceptors (Lipinski definition) is 4. The normalized spacial score (nSPS) is 12.3. The van der Waals surface area contributed by atoms with Crippen LogP contribution in [0.2, 0.25) is 0 Å². The third kappa shape index (κ3) is 7.92. The number of hydrogen-bond donors (Lipinski definition) is 4. The molecule has 0 saturated heterocycles. The highest BCUT2D eigenvalue weighted by Gasteiger charge is 2.24. The monoisotopic (exact) mass is 418 g/mol. The molecule has 2 amide bonds. The van der Waals surface area contributed by atoms with Crippen molar-refractivity contribution in [3.05, 3.63) is 65.7 Å². The van der Waals surface area contributed by atoms with Crippen LogP contribution >= 0.6 is 0 Å². The molecular formula is C20H26N4O4S. The molecule has 5 N–H and O–H groups in total. The zero-order chi connectivity index (χ0) is 21.4. The van der Waals surface area contributed by atoms with Crippen LogP contribution in [0.4, 0.5) is 5.69 Å². The highest BCUT2D eigenvalue weighted by Crippen LogP contribution is 2.12. The van der Waals surface area contributed by atoms with Crippen LogP contribution in [-0.4, -0.2) is 26.3 Å². The summed E-state index contributed by atoms with van der Waals surface area (Å²) in [4.78, 5) is 24.9. The standard InChI is InChI=1S/C20H26N4O4S/c1-14(2)19(23-18(25)12-15-7-4-3-5-8-15)20(26)22-13-16-9-6-10-17(11-16)24-29(21,27)28/h3-11,14,19,24H,12-13H2,1-2H3,(H,22,26)(H,23,25)(H2,21,27,28)/t19-/m1/s1. The molecule has 0 aliphatic heterocycles. The van der Waals surface area contributed by atoms with E-state index in [1.54, 1.807) is 24.3 Å². The van der Waals surface area contributed by atoms with Gasteiger partial charge in [-0.1, -0.05) is 56.3 Å². The van der Waals surface area contributed by atoms with Crippen LogP contribution in [0, 0.1) is 5.92 Å². The SMILES string of the molecule is CC(C)[C@@H](NC(=O)Cc1ccccc1)C(=O)NCc1cccc(NS(N)(=O)=O)c1. The summed E-state index contributed by atoms with van der Waals surface area (Å²) in [5.74, 6) is -0.652. The van der Waals surface area contributed by atoms with E-state index >= 15 is 0 Å². The summed E-state index contributed by atoms with van der Waals surface area (Å²) in [7, 11) is -3.87. The Kier molecular flexibility index (Phi) is 7.74. The Balaban J connectivity index is 1.96. The number of amides is 2. The second-order valence-electron chi connectivity index (χ2n) is 7.02. The molecule has 156 valence electrons. The molecule has 0 radical (unpaired) electrons. The van der Waals surface area contributed by atoms with Crippen LogP contribution in [0.1, 0.15) is 25.0 Å². The molecular weight excluding hydrogens is 392 g/mol. The average Bonchev–Trinajstić information content (AvgIpc) is 2.63. The fourth-order valence-corrected chi connectivity index (χ4v) is 3.20. The van der Waals surface area contributed by atoms with Crippen LogP contribution in [-0.2, 0) is 32.8 Å². The Morgan fingerprint density at radius 3 is 2.28 bits per heavy atom. The van der Waals surface area contributed by atoms with Crippen molar-refractivity contribution in [2.24, 2.45) is 11.1 Å². The molecule has 0 aliphatic carbocycles. The van der Waals surface area contributed by atoms with E-state index < -0.39 is 16.3 Å². The number of anilines is 1. The minimum atomic E-state index is -3.87. The molecule has 0 heterocycles. The number of rotatable bonds is 9. The predicted octanol–water partition coefficient (Wildman–Crippen LogP) is 1.30. The summed E-state index contributed by atoms with van der Waals surface area (Å²) >= 11 is 0. The van der Waals surface area contributed by atoms with Gasteiger partial charge in [0.1, 0.15) is 6.04 Å². The van der Waals surface area contributed by atoms with Crippen molar-refractivity contribution < 1.29 is 18.0 Å². The van der Waals surface area contributed by atoms with Crippen molar-refractivity contribution in [2.75, 3.05) is 4.72 Å². The number of nitrogens with one attached hydrogen (secondary N) is 3. The summed E-state index contributed by atoms with van der Waals surface area (Å²) in [6.07, 6.45) is 0.193. The van der Waals surface area contributed by atoms with E-state index in [4.69, 9.17) is 5.14 Å². The predicted molar refractivity (Wildman–Crippen MR) is 112 cm³/mol. The van der Waals surface area contributed by atoms with Crippen LogP contribution < -0.4 is 20.5 Å². The van der Waals surface area contributed by atoms with Gasteiger partial charge in [0, 0.05) is 6.54 Å². The van der Waals surface area contributed by atoms with E-state index in [1.807, 2.05) is 44.2 Å². The Hall–Kier alpha value is -2.91. The van der Waals surface area contributed by atoms with E-state index in [9.17, 15) is 18.0 Å². The van der Waals surface area contributed by atoms with Crippen molar-refractivity contribution in [3.63, 3.8) is 0 Å². The highest BCUT2D eigenvalue weighted by molar-refractivity contribution is 7.90. The molecule has 29 heavy (non-hydrogen) atoms. The molecule has 8 nitrogen and oxygen atoms in total. The lowest BCUT2D eigenvalue weighted by atomic mass is 10.0. The fraction of sp³-hybridized carbons (Fsp3) is 0.300. The van der Waals surface area contributed by atoms with Crippen LogP contribution in [0.5, 0.6) is 0 Å². The number of carbonyl (C=O) groups is 2. The van der Waals surface area contributed by atoms with Gasteiger partial charge in [0.25, 0.3) is 10.2 Å². The Morgan fingerprint density at radius 2 is 1.66 bits per heavy atom. The van der Waals surface area contributed by atoms with Crippen molar-refractivity contribution in [3.8, 4) is 0 Å². The van der Waals surface area contributed by atoms with E-state index in [0.717, 1.165) is 5.56 Å². The quantitative estimate of drug-likeness (QED) is 0.489. The van der Waals surface area contributed by atoms with Gasteiger partial charge in [-0.15, -0.1) is 0 Å². The fourth-order valence-electron chi connectivity index (χ4n) is 2.75. The lowest BCUT2D eigenvalue weighted by Gasteiger charge is -2.22. The first-order valence-electron chi connectivity index (χ1n) is 9.14. The third-order valence-electron chi connectivity index (χ3n) is 4.13. The zero-order valence-electron chi connectivity index (χ0n) is 16.4. The summed E-state index contributed by atoms with van der Waals surface area (Å²) in [5, 5.41) is 10.5. The van der Waals surface area contributed by atoms with E-state index in [0.29, 0.717) is 11.3 Å². The molecule has 0 fully saturated rings. The van der Waals surface area contributed by atoms with Crippen LogP contribution in [0.15, 0.2) is 54.6 Å². The maximum absolute atomic E-state index is 12.6. The van der Waals surface area contributed by atoms with Crippen molar-refractivity contribution in [2.45, 2.75) is 32.9 Å². The summed E-state index contributed by atoms with van der Waals surface area (Å²) in [6.45, 7) is 3.88. The van der Waals surface area contributed by atoms with Gasteiger partial charge >= 0.3 is 0 Å². The smallest absolute Gasteiger partial charge is 0.296 e. The third-order valence-corrected chi connectivity index (χ3v) is 4.65. The van der Waals surface area contributed by atoms with Gasteiger partial charge in [-0.3, -0.25) is 14.3 Å². The van der Waals surface area contributed by atoms with E-state index in [-0.39, 0.29) is 30.7 Å². The van der Waals surface area contributed by atoms with Gasteiger partial charge in [-0.25, -0.2) is 5.14 Å². The summed E-state index contributed by atoms with van der Waals surface area (Å²) in [5.41, 5.74) is 1.85. The number of nitrogens with two attached hydrogens (primary N) is 1. The number of carbonyl (C=O) groups excluding carboxylic acids is 2. The van der Waals surface area contributed by atoms with E-state index in [1.165, 1.54) is 0 Å². The summed E-state index contributed by atoms with van der Waals surface area (Å²) in [6, 6.07) is 15.1. The van der Waals surface area contributed by atoms with Crippen LogP contribution in [0.25, 0.3) is 0 Å². The van der Waals surface area contributed by atoms with Crippen molar-refractivity contribution in [1.82, 2.24) is 10.6 Å². The molecule has 0 unspecified atom stereocenters. The topological polar surface area (TPSA) is 130 Å². The first-order chi connectivity index (χ1) is 13.6. The summed E-state index contributed by atoms with van der Waals surface area (Å²) < 4.78 is 24.4. The molecule has 1 atom stereocenters. The van der Waals surface area contributed by atoms with Crippen LogP contribution in [0.3, 0.4) is 0 Å². The van der Waals surface area contributed by atoms with Gasteiger partial charge in [0.05, 0.1) is 12.1 Å². The maximum Gasteiger partial charge on any atom is 0.296 e. The molecule has 9 heteroatoms. The first-order valence-corrected chi connectivity index (χ1v) is 10.7. The first kappa shape index (κ1) is 22.4. The minimum absolute atomic E-state index is 0.106. The average molecular weight is 419 g/mol. The minimum Gasteiger partial charge on any atom is -0.350 e. The Labute approximate surface area is 171 Å². The molecule has 0 aromatic heterocycles. The second-order valence-corrected chi connectivity index (χ2v) is 8.31. The van der Waals surface area contributed by atoms with Crippen molar-refractivity contribution in [1.29, 1.82) is 0 Å². The lowest BCUT2D eigenvalue weighted by molar-refractivity contribution is -0.129. The highest BCUT2D eigenvalue weighted by atomic mass is 32.2. The molecule has 2 aromatic carbocycles. The largest absolute Gasteiger partial charge is 0.350 e. The van der Waals surface area contributed by atoms with Gasteiger partial charge in [0.15, 0.2) is 0 Å². The molecule has 2 aromatic rings. The van der Waals surface area contributed by atoms with E-state index in [2.05, 4.69) is 15.4 Å². The van der Waals surface area contributed by atoms with Gasteiger partial charge in [-0.2, -0.15) is 8.42 Å². The van der Waals surface area contributed by atoms with Gasteiger partial charge < -0.3 is 10.6 Å². The Bertz CT molecular complexity index is 946. The lowest BCUT2D eigenvalue weighted by Crippen LogP contribution is -2.49. The van der Waals surface area contributed by atoms with Gasteiger partial charge in [0.2, 0.25) is 11.8 Å². The molecule has 2 rings (SSSR count). The Morgan fingerprint density at radius 1 is 1.00 bits per heavy atom. The molecule has 0 aliphatic rings. The molecule has 0 saturated carbocycles.